The highest BCUT2D eigenvalue weighted by molar-refractivity contribution is 7.99. The molecule has 0 radical (unpaired) electrons. The van der Waals surface area contributed by atoms with Crippen molar-refractivity contribution in [1.29, 1.82) is 0 Å². The Morgan fingerprint density at radius 2 is 1.67 bits per heavy atom. The van der Waals surface area contributed by atoms with E-state index in [0.29, 0.717) is 5.76 Å². The summed E-state index contributed by atoms with van der Waals surface area (Å²) in [6.45, 7) is 0. The monoisotopic (exact) mass is 423 g/mol. The van der Waals surface area contributed by atoms with Crippen LogP contribution >= 0.6 is 11.8 Å². The van der Waals surface area contributed by atoms with Crippen LogP contribution in [-0.2, 0) is 5.75 Å². The first-order valence-electron chi connectivity index (χ1n) is 12.1. The standard InChI is InChI=1S/C26H33NO2S/c28-25(27-26-13-17-10-18(14-26)12-19(11-17)15-26)24-22(16-30-20-6-2-1-3-7-20)21-8-4-5-9-23(21)29-24/h4-5,8-9,17-20H,1-3,6-7,10-16H2,(H,27,28). The van der Waals surface area contributed by atoms with E-state index in [-0.39, 0.29) is 11.4 Å². The number of fused-ring (bicyclic) bond motifs is 1. The van der Waals surface area contributed by atoms with Crippen molar-refractivity contribution in [2.75, 3.05) is 0 Å². The Bertz CT molecular complexity index is 906. The summed E-state index contributed by atoms with van der Waals surface area (Å²) >= 11 is 2.03. The molecule has 0 aliphatic heterocycles. The largest absolute Gasteiger partial charge is 0.451 e. The summed E-state index contributed by atoms with van der Waals surface area (Å²) in [6, 6.07) is 8.20. The van der Waals surface area contributed by atoms with Crippen molar-refractivity contribution in [3.63, 3.8) is 0 Å². The fourth-order valence-electron chi connectivity index (χ4n) is 7.42. The van der Waals surface area contributed by atoms with Gasteiger partial charge in [-0.25, -0.2) is 0 Å². The Morgan fingerprint density at radius 3 is 2.37 bits per heavy atom. The summed E-state index contributed by atoms with van der Waals surface area (Å²) in [5.74, 6) is 3.98. The molecule has 1 aromatic carbocycles. The molecule has 0 unspecified atom stereocenters. The highest BCUT2D eigenvalue weighted by Gasteiger charge is 2.51. The minimum Gasteiger partial charge on any atom is -0.451 e. The molecule has 0 atom stereocenters. The summed E-state index contributed by atoms with van der Waals surface area (Å²) in [4.78, 5) is 13.6. The summed E-state index contributed by atoms with van der Waals surface area (Å²) in [7, 11) is 0. The van der Waals surface area contributed by atoms with Crippen LogP contribution in [-0.4, -0.2) is 16.7 Å². The van der Waals surface area contributed by atoms with Gasteiger partial charge < -0.3 is 9.73 Å². The van der Waals surface area contributed by atoms with Crippen molar-refractivity contribution in [2.45, 2.75) is 87.2 Å². The molecule has 0 saturated heterocycles. The van der Waals surface area contributed by atoms with Crippen LogP contribution in [0.4, 0.5) is 0 Å². The van der Waals surface area contributed by atoms with Crippen molar-refractivity contribution >= 4 is 28.6 Å². The quantitative estimate of drug-likeness (QED) is 0.582. The molecular weight excluding hydrogens is 390 g/mol. The summed E-state index contributed by atoms with van der Waals surface area (Å²) in [5, 5.41) is 5.39. The number of carbonyl (C=O) groups excluding carboxylic acids is 1. The van der Waals surface area contributed by atoms with Crippen LogP contribution in [0.15, 0.2) is 28.7 Å². The predicted octanol–water partition coefficient (Wildman–Crippen LogP) is 6.70. The van der Waals surface area contributed by atoms with Crippen molar-refractivity contribution in [3.05, 3.63) is 35.6 Å². The van der Waals surface area contributed by atoms with Gasteiger partial charge >= 0.3 is 0 Å². The third-order valence-electron chi connectivity index (χ3n) is 8.34. The van der Waals surface area contributed by atoms with E-state index >= 15 is 0 Å². The van der Waals surface area contributed by atoms with Gasteiger partial charge in [-0.1, -0.05) is 37.5 Å². The lowest BCUT2D eigenvalue weighted by Crippen LogP contribution is -2.59. The normalized spacial score (nSPS) is 33.3. The Kier molecular flexibility index (Phi) is 4.89. The highest BCUT2D eigenvalue weighted by Crippen LogP contribution is 2.55. The number of para-hydroxylation sites is 1. The molecule has 1 heterocycles. The summed E-state index contributed by atoms with van der Waals surface area (Å²) in [5.41, 5.74) is 1.99. The van der Waals surface area contributed by atoms with Crippen molar-refractivity contribution in [1.82, 2.24) is 5.32 Å². The minimum atomic E-state index is 0.0264. The topological polar surface area (TPSA) is 42.2 Å². The molecule has 5 aliphatic rings. The van der Waals surface area contributed by atoms with Crippen molar-refractivity contribution in [2.24, 2.45) is 17.8 Å². The van der Waals surface area contributed by atoms with Crippen LogP contribution in [0.1, 0.15) is 86.7 Å². The van der Waals surface area contributed by atoms with E-state index in [2.05, 4.69) is 17.4 Å². The van der Waals surface area contributed by atoms with Gasteiger partial charge in [-0.3, -0.25) is 4.79 Å². The number of benzene rings is 1. The van der Waals surface area contributed by atoms with Gasteiger partial charge in [-0.15, -0.1) is 0 Å². The number of rotatable bonds is 5. The Morgan fingerprint density at radius 1 is 1.00 bits per heavy atom. The molecule has 4 heteroatoms. The fraction of sp³-hybridized carbons (Fsp3) is 0.654. The zero-order chi connectivity index (χ0) is 20.1. The Hall–Kier alpha value is -1.42. The lowest BCUT2D eigenvalue weighted by atomic mass is 9.53. The van der Waals surface area contributed by atoms with E-state index in [1.165, 1.54) is 70.6 Å². The zero-order valence-electron chi connectivity index (χ0n) is 17.8. The van der Waals surface area contributed by atoms with Crippen LogP contribution in [0.25, 0.3) is 11.0 Å². The number of thioether (sulfide) groups is 1. The van der Waals surface area contributed by atoms with Gasteiger partial charge in [-0.2, -0.15) is 11.8 Å². The molecule has 1 amide bonds. The second-order valence-corrected chi connectivity index (χ2v) is 11.9. The Balaban J connectivity index is 1.26. The van der Waals surface area contributed by atoms with Crippen LogP contribution < -0.4 is 5.32 Å². The smallest absolute Gasteiger partial charge is 0.287 e. The van der Waals surface area contributed by atoms with E-state index in [9.17, 15) is 4.79 Å². The molecule has 1 N–H and O–H groups in total. The molecule has 5 fully saturated rings. The van der Waals surface area contributed by atoms with Crippen molar-refractivity contribution in [3.8, 4) is 0 Å². The second kappa shape index (κ2) is 7.62. The number of hydrogen-bond acceptors (Lipinski definition) is 3. The molecule has 5 saturated carbocycles. The third-order valence-corrected chi connectivity index (χ3v) is 9.74. The SMILES string of the molecule is O=C(NC12CC3CC(CC(C3)C1)C2)c1oc2ccccc2c1CSC1CCCCC1. The fourth-order valence-corrected chi connectivity index (χ4v) is 8.78. The van der Waals surface area contributed by atoms with Crippen LogP contribution in [0.5, 0.6) is 0 Å². The van der Waals surface area contributed by atoms with E-state index < -0.39 is 0 Å². The maximum atomic E-state index is 13.6. The summed E-state index contributed by atoms with van der Waals surface area (Å²) < 4.78 is 6.19. The van der Waals surface area contributed by atoms with Gasteiger partial charge in [0.05, 0.1) is 0 Å². The average Bonchev–Trinajstić information content (AvgIpc) is 3.10. The molecule has 160 valence electrons. The minimum absolute atomic E-state index is 0.0264. The number of furan rings is 1. The average molecular weight is 424 g/mol. The number of nitrogens with one attached hydrogen (secondary N) is 1. The number of hydrogen-bond donors (Lipinski definition) is 1. The molecule has 2 aromatic rings. The van der Waals surface area contributed by atoms with E-state index in [4.69, 9.17) is 4.42 Å². The van der Waals surface area contributed by atoms with Crippen LogP contribution in [0, 0.1) is 17.8 Å². The maximum Gasteiger partial charge on any atom is 0.287 e. The molecule has 3 nitrogen and oxygen atoms in total. The van der Waals surface area contributed by atoms with Gasteiger partial charge in [0.15, 0.2) is 5.76 Å². The second-order valence-electron chi connectivity index (χ2n) is 10.6. The van der Waals surface area contributed by atoms with Crippen LogP contribution in [0.2, 0.25) is 0 Å². The molecule has 4 bridgehead atoms. The summed E-state index contributed by atoms with van der Waals surface area (Å²) in [6.07, 6.45) is 14.4. The first-order chi connectivity index (χ1) is 14.7. The maximum absolute atomic E-state index is 13.6. The Labute approximate surface area is 183 Å². The number of amides is 1. The van der Waals surface area contributed by atoms with Gasteiger partial charge in [0, 0.05) is 27.5 Å². The number of carbonyl (C=O) groups is 1. The molecule has 7 rings (SSSR count). The molecule has 30 heavy (non-hydrogen) atoms. The van der Waals surface area contributed by atoms with Gasteiger partial charge in [0.2, 0.25) is 0 Å². The molecular formula is C26H33NO2S. The van der Waals surface area contributed by atoms with Crippen molar-refractivity contribution < 1.29 is 9.21 Å². The lowest BCUT2D eigenvalue weighted by molar-refractivity contribution is -0.0171. The highest BCUT2D eigenvalue weighted by atomic mass is 32.2. The van der Waals surface area contributed by atoms with E-state index in [1.54, 1.807) is 0 Å². The van der Waals surface area contributed by atoms with Gasteiger partial charge in [0.25, 0.3) is 5.91 Å². The van der Waals surface area contributed by atoms with E-state index in [1.807, 2.05) is 23.9 Å². The molecule has 0 spiro atoms. The first kappa shape index (κ1) is 19.3. The molecule has 1 aromatic heterocycles. The molecule has 5 aliphatic carbocycles. The van der Waals surface area contributed by atoms with E-state index in [0.717, 1.165) is 45.3 Å². The first-order valence-corrected chi connectivity index (χ1v) is 13.2. The van der Waals surface area contributed by atoms with Gasteiger partial charge in [-0.05, 0) is 75.2 Å². The zero-order valence-corrected chi connectivity index (χ0v) is 18.6. The predicted molar refractivity (Wildman–Crippen MR) is 123 cm³/mol. The van der Waals surface area contributed by atoms with Gasteiger partial charge in [0.1, 0.15) is 5.58 Å². The van der Waals surface area contributed by atoms with Crippen LogP contribution in [0.3, 0.4) is 0 Å². The lowest BCUT2D eigenvalue weighted by Gasteiger charge is -2.56. The third kappa shape index (κ3) is 3.49.